The Bertz CT molecular complexity index is 1170. The van der Waals surface area contributed by atoms with Gasteiger partial charge in [-0.1, -0.05) is 23.7 Å². The van der Waals surface area contributed by atoms with E-state index >= 15 is 0 Å². The summed E-state index contributed by atoms with van der Waals surface area (Å²) in [6, 6.07) is 14.7. The largest absolute Gasteiger partial charge is 0.493 e. The van der Waals surface area contributed by atoms with Crippen molar-refractivity contribution >= 4 is 17.6 Å². The van der Waals surface area contributed by atoms with Crippen LogP contribution in [0.4, 0.5) is 5.69 Å². The summed E-state index contributed by atoms with van der Waals surface area (Å²) in [7, 11) is 0. The number of carbonyl (C=O) groups excluding carboxylic acids is 1. The van der Waals surface area contributed by atoms with E-state index in [9.17, 15) is 14.7 Å². The number of carboxylic acid groups (broad SMARTS) is 1. The van der Waals surface area contributed by atoms with E-state index in [1.54, 1.807) is 0 Å². The minimum absolute atomic E-state index is 0.00973. The first-order valence-electron chi connectivity index (χ1n) is 9.83. The fourth-order valence-corrected chi connectivity index (χ4v) is 3.26. The van der Waals surface area contributed by atoms with E-state index in [4.69, 9.17) is 14.5 Å². The van der Waals surface area contributed by atoms with Gasteiger partial charge in [0.15, 0.2) is 11.5 Å². The van der Waals surface area contributed by atoms with Crippen LogP contribution in [-0.2, 0) is 0 Å². The lowest BCUT2D eigenvalue weighted by Gasteiger charge is -2.25. The van der Waals surface area contributed by atoms with Crippen LogP contribution >= 0.6 is 0 Å². The van der Waals surface area contributed by atoms with Crippen molar-refractivity contribution in [2.24, 2.45) is 5.92 Å². The van der Waals surface area contributed by atoms with Gasteiger partial charge in [-0.05, 0) is 49.1 Å². The maximum atomic E-state index is 12.6. The number of hydrogen-bond acceptors (Lipinski definition) is 6. The minimum Gasteiger partial charge on any atom is -0.493 e. The highest BCUT2D eigenvalue weighted by Gasteiger charge is 2.21. The van der Waals surface area contributed by atoms with Crippen LogP contribution in [0, 0.1) is 17.2 Å². The highest BCUT2D eigenvalue weighted by Crippen LogP contribution is 2.33. The predicted molar refractivity (Wildman–Crippen MR) is 111 cm³/mol. The molecule has 2 N–H and O–H groups in total. The summed E-state index contributed by atoms with van der Waals surface area (Å²) in [5.74, 6) is -0.300. The van der Waals surface area contributed by atoms with E-state index in [1.807, 2.05) is 30.3 Å². The van der Waals surface area contributed by atoms with Gasteiger partial charge in [-0.15, -0.1) is 0 Å². The summed E-state index contributed by atoms with van der Waals surface area (Å²) in [5, 5.41) is 24.6. The Labute approximate surface area is 178 Å². The molecule has 0 unspecified atom stereocenters. The maximum absolute atomic E-state index is 12.6. The first kappa shape index (κ1) is 20.2. The molecule has 0 atom stereocenters. The molecule has 0 bridgehead atoms. The Morgan fingerprint density at radius 1 is 1.23 bits per heavy atom. The van der Waals surface area contributed by atoms with Gasteiger partial charge in [0.25, 0.3) is 5.91 Å². The molecular weight excluding hydrogens is 398 g/mol. The normalized spacial score (nSPS) is 13.1. The predicted octanol–water partition coefficient (Wildman–Crippen LogP) is 4.34. The molecule has 1 fully saturated rings. The molecular formula is C23H19N3O5. The number of aromatic carboxylic acids is 1. The van der Waals surface area contributed by atoms with Crippen LogP contribution in [0.3, 0.4) is 0 Å². The Morgan fingerprint density at radius 2 is 2.03 bits per heavy atom. The number of amides is 1. The third kappa shape index (κ3) is 4.41. The molecule has 0 saturated heterocycles. The summed E-state index contributed by atoms with van der Waals surface area (Å²) in [6.45, 7) is 0.634. The number of rotatable bonds is 7. The molecule has 2 aromatic carbocycles. The van der Waals surface area contributed by atoms with E-state index in [2.05, 4.69) is 10.5 Å². The van der Waals surface area contributed by atoms with Crippen molar-refractivity contribution < 1.29 is 24.0 Å². The molecule has 0 radical (unpaired) electrons. The molecule has 3 aromatic rings. The Kier molecular flexibility index (Phi) is 5.67. The van der Waals surface area contributed by atoms with E-state index in [1.165, 1.54) is 43.5 Å². The number of carbonyl (C=O) groups is 2. The number of anilines is 1. The monoisotopic (exact) mass is 417 g/mol. The second-order valence-electron chi connectivity index (χ2n) is 7.31. The average molecular weight is 417 g/mol. The van der Waals surface area contributed by atoms with Crippen LogP contribution in [0.5, 0.6) is 5.75 Å². The number of aromatic nitrogens is 1. The Hall–Kier alpha value is -4.12. The molecule has 1 saturated carbocycles. The number of nitriles is 1. The number of hydrogen-bond donors (Lipinski definition) is 2. The van der Waals surface area contributed by atoms with E-state index < -0.39 is 11.9 Å². The van der Waals surface area contributed by atoms with Crippen LogP contribution in [0.15, 0.2) is 53.1 Å². The third-order valence-electron chi connectivity index (χ3n) is 5.22. The number of benzene rings is 2. The van der Waals surface area contributed by atoms with Crippen LogP contribution in [-0.4, -0.2) is 28.7 Å². The number of nitrogens with zero attached hydrogens (tertiary/aromatic N) is 2. The Morgan fingerprint density at radius 3 is 2.74 bits per heavy atom. The molecule has 1 aliphatic carbocycles. The van der Waals surface area contributed by atoms with Crippen molar-refractivity contribution in [3.63, 3.8) is 0 Å². The summed E-state index contributed by atoms with van der Waals surface area (Å²) in [5.41, 5.74) is 0.719. The molecule has 1 aromatic heterocycles. The second-order valence-corrected chi connectivity index (χ2v) is 7.31. The third-order valence-corrected chi connectivity index (χ3v) is 5.22. The van der Waals surface area contributed by atoms with Crippen molar-refractivity contribution in [3.05, 3.63) is 65.4 Å². The van der Waals surface area contributed by atoms with Gasteiger partial charge in [0, 0.05) is 6.07 Å². The van der Waals surface area contributed by atoms with Gasteiger partial charge in [-0.3, -0.25) is 4.79 Å². The average Bonchev–Trinajstić information content (AvgIpc) is 3.23. The second kappa shape index (κ2) is 8.71. The zero-order valence-electron chi connectivity index (χ0n) is 16.5. The van der Waals surface area contributed by atoms with E-state index in [0.717, 1.165) is 0 Å². The van der Waals surface area contributed by atoms with Crippen LogP contribution in [0.1, 0.15) is 45.7 Å². The standard InChI is InChI=1S/C23H19N3O5/c24-12-15-8-9-18(17(10-15)23(28)29)25-22(27)19-11-21(31-26-19)16-6-1-2-7-20(16)30-13-14-4-3-5-14/h1-2,6-11,14H,3-5,13H2,(H,25,27)(H,28,29). The molecule has 0 spiro atoms. The molecule has 1 amide bonds. The first-order valence-corrected chi connectivity index (χ1v) is 9.83. The zero-order chi connectivity index (χ0) is 21.8. The number of carboxylic acids is 1. The molecule has 1 heterocycles. The molecule has 31 heavy (non-hydrogen) atoms. The van der Waals surface area contributed by atoms with E-state index in [-0.39, 0.29) is 22.5 Å². The fraction of sp³-hybridized carbons (Fsp3) is 0.217. The van der Waals surface area contributed by atoms with Gasteiger partial charge in [0.2, 0.25) is 0 Å². The maximum Gasteiger partial charge on any atom is 0.337 e. The summed E-state index contributed by atoms with van der Waals surface area (Å²) >= 11 is 0. The molecule has 8 heteroatoms. The lowest BCUT2D eigenvalue weighted by molar-refractivity contribution is 0.0698. The van der Waals surface area contributed by atoms with Crippen LogP contribution in [0.2, 0.25) is 0 Å². The summed E-state index contributed by atoms with van der Waals surface area (Å²) in [6.07, 6.45) is 3.57. The highest BCUT2D eigenvalue weighted by molar-refractivity contribution is 6.07. The smallest absolute Gasteiger partial charge is 0.337 e. The molecule has 4 rings (SSSR count). The number of ether oxygens (including phenoxy) is 1. The van der Waals surface area contributed by atoms with Crippen molar-refractivity contribution in [2.45, 2.75) is 19.3 Å². The zero-order valence-corrected chi connectivity index (χ0v) is 16.5. The number of para-hydroxylation sites is 1. The minimum atomic E-state index is -1.26. The van der Waals surface area contributed by atoms with Gasteiger partial charge in [-0.25, -0.2) is 4.79 Å². The van der Waals surface area contributed by atoms with Gasteiger partial charge < -0.3 is 19.7 Å². The fourth-order valence-electron chi connectivity index (χ4n) is 3.26. The Balaban J connectivity index is 1.53. The first-order chi connectivity index (χ1) is 15.0. The topological polar surface area (TPSA) is 125 Å². The summed E-state index contributed by atoms with van der Waals surface area (Å²) < 4.78 is 11.3. The van der Waals surface area contributed by atoms with Gasteiger partial charge in [-0.2, -0.15) is 5.26 Å². The van der Waals surface area contributed by atoms with E-state index in [0.29, 0.717) is 29.6 Å². The van der Waals surface area contributed by atoms with Crippen molar-refractivity contribution in [3.8, 4) is 23.1 Å². The quantitative estimate of drug-likeness (QED) is 0.585. The lowest BCUT2D eigenvalue weighted by Crippen LogP contribution is -2.19. The van der Waals surface area contributed by atoms with Gasteiger partial charge in [0.1, 0.15) is 5.75 Å². The molecule has 0 aliphatic heterocycles. The van der Waals surface area contributed by atoms with Gasteiger partial charge >= 0.3 is 5.97 Å². The lowest BCUT2D eigenvalue weighted by atomic mass is 9.86. The van der Waals surface area contributed by atoms with Crippen molar-refractivity contribution in [1.29, 1.82) is 5.26 Å². The van der Waals surface area contributed by atoms with Crippen molar-refractivity contribution in [1.82, 2.24) is 5.16 Å². The summed E-state index contributed by atoms with van der Waals surface area (Å²) in [4.78, 5) is 24.1. The van der Waals surface area contributed by atoms with Crippen molar-refractivity contribution in [2.75, 3.05) is 11.9 Å². The van der Waals surface area contributed by atoms with Crippen LogP contribution < -0.4 is 10.1 Å². The highest BCUT2D eigenvalue weighted by atomic mass is 16.5. The molecule has 1 aliphatic rings. The van der Waals surface area contributed by atoms with Gasteiger partial charge in [0.05, 0.1) is 35.1 Å². The molecule has 156 valence electrons. The number of nitrogens with one attached hydrogen (secondary N) is 1. The molecule has 8 nitrogen and oxygen atoms in total. The SMILES string of the molecule is N#Cc1ccc(NC(=O)c2cc(-c3ccccc3OCC3CCC3)on2)c(C(=O)O)c1. The van der Waals surface area contributed by atoms with Crippen LogP contribution in [0.25, 0.3) is 11.3 Å².